The molecule has 0 radical (unpaired) electrons. The molecule has 0 N–H and O–H groups in total. The third-order valence-corrected chi connectivity index (χ3v) is 7.13. The standard InChI is InChI=1S/C20H20Cl3N3OS/c1-12-18(20(27)25-9-3-2-4-10-25)24-26(15-6-5-13(21)11-14(15)22)19(12)16-7-8-17(23)28-16/h5-8,11-12,19H,2-4,9-10H2,1H3. The summed E-state index contributed by atoms with van der Waals surface area (Å²) in [5.74, 6) is -0.0664. The number of benzene rings is 1. The topological polar surface area (TPSA) is 35.9 Å². The second-order valence-corrected chi connectivity index (χ2v) is 9.74. The molecular formula is C20H20Cl3N3OS. The van der Waals surface area contributed by atoms with Gasteiger partial charge in [-0.05, 0) is 49.6 Å². The van der Waals surface area contributed by atoms with Gasteiger partial charge in [0, 0.05) is 28.9 Å². The number of carbonyl (C=O) groups is 1. The number of carbonyl (C=O) groups excluding carboxylic acids is 1. The zero-order valence-electron chi connectivity index (χ0n) is 15.4. The first-order chi connectivity index (χ1) is 13.5. The van der Waals surface area contributed by atoms with Crippen LogP contribution in [0.15, 0.2) is 35.4 Å². The lowest BCUT2D eigenvalue weighted by atomic mass is 9.94. The van der Waals surface area contributed by atoms with Gasteiger partial charge >= 0.3 is 0 Å². The molecule has 0 bridgehead atoms. The number of amides is 1. The lowest BCUT2D eigenvalue weighted by Crippen LogP contribution is -2.41. The van der Waals surface area contributed by atoms with Crippen LogP contribution in [0.25, 0.3) is 0 Å². The van der Waals surface area contributed by atoms with E-state index < -0.39 is 0 Å². The molecule has 0 spiro atoms. The van der Waals surface area contributed by atoms with Gasteiger partial charge in [-0.2, -0.15) is 5.10 Å². The Hall–Kier alpha value is -1.27. The summed E-state index contributed by atoms with van der Waals surface area (Å²) in [7, 11) is 0. The van der Waals surface area contributed by atoms with Gasteiger partial charge in [-0.25, -0.2) is 0 Å². The van der Waals surface area contributed by atoms with Crippen molar-refractivity contribution in [3.63, 3.8) is 0 Å². The molecule has 2 aliphatic heterocycles. The Balaban J connectivity index is 1.74. The summed E-state index contributed by atoms with van der Waals surface area (Å²) in [6.45, 7) is 3.63. The molecule has 2 aliphatic rings. The highest BCUT2D eigenvalue weighted by Gasteiger charge is 2.42. The number of hydrogen-bond donors (Lipinski definition) is 0. The number of nitrogens with zero attached hydrogens (tertiary/aromatic N) is 3. The molecule has 0 aliphatic carbocycles. The van der Waals surface area contributed by atoms with E-state index in [9.17, 15) is 4.79 Å². The largest absolute Gasteiger partial charge is 0.338 e. The minimum absolute atomic E-state index is 0.0208. The summed E-state index contributed by atoms with van der Waals surface area (Å²) >= 11 is 20.3. The van der Waals surface area contributed by atoms with Gasteiger partial charge in [-0.3, -0.25) is 9.80 Å². The van der Waals surface area contributed by atoms with Crippen molar-refractivity contribution in [2.24, 2.45) is 11.0 Å². The predicted octanol–water partition coefficient (Wildman–Crippen LogP) is 6.27. The fraction of sp³-hybridized carbons (Fsp3) is 0.400. The Morgan fingerprint density at radius 3 is 2.50 bits per heavy atom. The van der Waals surface area contributed by atoms with E-state index >= 15 is 0 Å². The molecule has 2 atom stereocenters. The molecule has 0 saturated carbocycles. The minimum atomic E-state index is -0.139. The van der Waals surface area contributed by atoms with Crippen LogP contribution in [0.1, 0.15) is 37.1 Å². The second kappa shape index (κ2) is 8.23. The van der Waals surface area contributed by atoms with E-state index in [-0.39, 0.29) is 17.9 Å². The number of halogens is 3. The van der Waals surface area contributed by atoms with Crippen LogP contribution >= 0.6 is 46.1 Å². The molecule has 1 aromatic heterocycles. The average molecular weight is 457 g/mol. The molecule has 3 heterocycles. The first-order valence-electron chi connectivity index (χ1n) is 9.33. The Morgan fingerprint density at radius 1 is 1.11 bits per heavy atom. The molecule has 1 fully saturated rings. The molecule has 1 saturated heterocycles. The highest BCUT2D eigenvalue weighted by molar-refractivity contribution is 7.16. The lowest BCUT2D eigenvalue weighted by molar-refractivity contribution is -0.125. The molecule has 28 heavy (non-hydrogen) atoms. The smallest absolute Gasteiger partial charge is 0.270 e. The quantitative estimate of drug-likeness (QED) is 0.545. The van der Waals surface area contributed by atoms with Crippen LogP contribution in [-0.4, -0.2) is 29.6 Å². The Bertz CT molecular complexity index is 923. The molecule has 2 unspecified atom stereocenters. The number of likely N-dealkylation sites (tertiary alicyclic amines) is 1. The monoisotopic (exact) mass is 455 g/mol. The summed E-state index contributed by atoms with van der Waals surface area (Å²) in [6.07, 6.45) is 3.27. The SMILES string of the molecule is CC1C(C(=O)N2CCCCC2)=NN(c2ccc(Cl)cc2Cl)C1c1ccc(Cl)s1. The van der Waals surface area contributed by atoms with Crippen LogP contribution in [0.2, 0.25) is 14.4 Å². The van der Waals surface area contributed by atoms with Gasteiger partial charge in [0.2, 0.25) is 0 Å². The van der Waals surface area contributed by atoms with Gasteiger partial charge in [0.25, 0.3) is 5.91 Å². The third-order valence-electron chi connectivity index (χ3n) is 5.29. The van der Waals surface area contributed by atoms with Crippen LogP contribution < -0.4 is 5.01 Å². The van der Waals surface area contributed by atoms with E-state index in [1.54, 1.807) is 12.1 Å². The Kier molecular flexibility index (Phi) is 5.88. The average Bonchev–Trinajstić information content (AvgIpc) is 3.25. The van der Waals surface area contributed by atoms with Gasteiger partial charge in [0.1, 0.15) is 5.71 Å². The first-order valence-corrected chi connectivity index (χ1v) is 11.3. The maximum absolute atomic E-state index is 13.2. The Labute approximate surface area is 183 Å². The fourth-order valence-electron chi connectivity index (χ4n) is 3.85. The number of piperidine rings is 1. The van der Waals surface area contributed by atoms with Crippen LogP contribution in [0.5, 0.6) is 0 Å². The zero-order valence-corrected chi connectivity index (χ0v) is 18.5. The van der Waals surface area contributed by atoms with Gasteiger partial charge < -0.3 is 4.90 Å². The van der Waals surface area contributed by atoms with Gasteiger partial charge in [-0.1, -0.05) is 41.7 Å². The van der Waals surface area contributed by atoms with Crippen molar-refractivity contribution < 1.29 is 4.79 Å². The van der Waals surface area contributed by atoms with E-state index in [0.717, 1.165) is 36.5 Å². The minimum Gasteiger partial charge on any atom is -0.338 e. The number of rotatable bonds is 3. The summed E-state index contributed by atoms with van der Waals surface area (Å²) in [4.78, 5) is 16.2. The Morgan fingerprint density at radius 2 is 1.86 bits per heavy atom. The molecule has 1 amide bonds. The van der Waals surface area contributed by atoms with E-state index in [1.807, 2.05) is 35.0 Å². The highest BCUT2D eigenvalue weighted by atomic mass is 35.5. The summed E-state index contributed by atoms with van der Waals surface area (Å²) in [6, 6.07) is 9.06. The summed E-state index contributed by atoms with van der Waals surface area (Å²) in [5, 5.41) is 7.68. The highest BCUT2D eigenvalue weighted by Crippen LogP contribution is 2.45. The van der Waals surface area contributed by atoms with Crippen LogP contribution in [-0.2, 0) is 4.79 Å². The van der Waals surface area contributed by atoms with Crippen molar-refractivity contribution >= 4 is 63.4 Å². The number of hydrazone groups is 1. The van der Waals surface area contributed by atoms with Gasteiger partial charge in [-0.15, -0.1) is 11.3 Å². The summed E-state index contributed by atoms with van der Waals surface area (Å²) < 4.78 is 0.708. The van der Waals surface area contributed by atoms with Crippen molar-refractivity contribution in [2.45, 2.75) is 32.2 Å². The van der Waals surface area contributed by atoms with Crippen molar-refractivity contribution in [2.75, 3.05) is 18.1 Å². The lowest BCUT2D eigenvalue weighted by Gasteiger charge is -2.28. The molecule has 4 nitrogen and oxygen atoms in total. The first kappa shape index (κ1) is 20.0. The van der Waals surface area contributed by atoms with Gasteiger partial charge in [0.15, 0.2) is 0 Å². The molecule has 148 valence electrons. The number of hydrogen-bond acceptors (Lipinski definition) is 4. The van der Waals surface area contributed by atoms with Crippen molar-refractivity contribution in [1.82, 2.24) is 4.90 Å². The van der Waals surface area contributed by atoms with Crippen molar-refractivity contribution in [1.29, 1.82) is 0 Å². The van der Waals surface area contributed by atoms with E-state index in [2.05, 4.69) is 0 Å². The normalized spacial score (nSPS) is 22.5. The van der Waals surface area contributed by atoms with Crippen LogP contribution in [0.4, 0.5) is 5.69 Å². The second-order valence-electron chi connectivity index (χ2n) is 7.15. The fourth-order valence-corrected chi connectivity index (χ4v) is 5.60. The predicted molar refractivity (Wildman–Crippen MR) is 118 cm³/mol. The van der Waals surface area contributed by atoms with E-state index in [1.165, 1.54) is 17.8 Å². The molecule has 2 aromatic rings. The molecular weight excluding hydrogens is 437 g/mol. The van der Waals surface area contributed by atoms with E-state index in [0.29, 0.717) is 20.1 Å². The van der Waals surface area contributed by atoms with Crippen molar-refractivity contribution in [3.8, 4) is 0 Å². The molecule has 4 rings (SSSR count). The van der Waals surface area contributed by atoms with Crippen LogP contribution in [0, 0.1) is 5.92 Å². The zero-order chi connectivity index (χ0) is 19.8. The maximum Gasteiger partial charge on any atom is 0.270 e. The summed E-state index contributed by atoms with van der Waals surface area (Å²) in [5.41, 5.74) is 1.30. The number of thiophene rings is 1. The van der Waals surface area contributed by atoms with Crippen molar-refractivity contribution in [3.05, 3.63) is 49.6 Å². The third kappa shape index (κ3) is 3.78. The number of anilines is 1. The van der Waals surface area contributed by atoms with Gasteiger partial charge in [0.05, 0.1) is 21.1 Å². The molecule has 8 heteroatoms. The maximum atomic E-state index is 13.2. The molecule has 1 aromatic carbocycles. The van der Waals surface area contributed by atoms with E-state index in [4.69, 9.17) is 39.9 Å². The van der Waals surface area contributed by atoms with Crippen LogP contribution in [0.3, 0.4) is 0 Å².